The average molecular weight is 428 g/mol. The Bertz CT molecular complexity index is 1230. The van der Waals surface area contributed by atoms with Gasteiger partial charge in [0.05, 0.1) is 5.69 Å². The van der Waals surface area contributed by atoms with Gasteiger partial charge in [-0.1, -0.05) is 61.7 Å². The summed E-state index contributed by atoms with van der Waals surface area (Å²) in [5, 5.41) is 13.5. The maximum absolute atomic E-state index is 11.4. The third-order valence-electron chi connectivity index (χ3n) is 6.10. The van der Waals surface area contributed by atoms with E-state index < -0.39 is 5.97 Å². The normalized spacial score (nSPS) is 14.5. The molecule has 1 saturated carbocycles. The van der Waals surface area contributed by atoms with Gasteiger partial charge in [-0.05, 0) is 36.1 Å². The number of aromatic nitrogens is 3. The highest BCUT2D eigenvalue weighted by atomic mass is 16.5. The molecule has 2 heterocycles. The van der Waals surface area contributed by atoms with Crippen molar-refractivity contribution in [3.8, 4) is 16.9 Å². The molecule has 0 spiro atoms. The van der Waals surface area contributed by atoms with Gasteiger partial charge < -0.3 is 9.84 Å². The second-order valence-corrected chi connectivity index (χ2v) is 8.31. The molecule has 162 valence electrons. The first-order valence-electron chi connectivity index (χ1n) is 11.1. The van der Waals surface area contributed by atoms with Gasteiger partial charge in [0.15, 0.2) is 11.3 Å². The molecule has 6 nitrogen and oxygen atoms in total. The first-order chi connectivity index (χ1) is 15.7. The van der Waals surface area contributed by atoms with Crippen LogP contribution in [0.2, 0.25) is 0 Å². The fourth-order valence-corrected chi connectivity index (χ4v) is 4.42. The summed E-state index contributed by atoms with van der Waals surface area (Å²) in [6, 6.07) is 19.6. The van der Waals surface area contributed by atoms with E-state index in [0.29, 0.717) is 18.2 Å². The summed E-state index contributed by atoms with van der Waals surface area (Å²) in [7, 11) is 0. The SMILES string of the molecule is O=C(O)c1cc2nc(C3CCCCC3)c(-c3ccc(OCc4ccccc4)cc3)cn2n1. The molecule has 0 atom stereocenters. The summed E-state index contributed by atoms with van der Waals surface area (Å²) in [6.07, 6.45) is 7.78. The van der Waals surface area contributed by atoms with Crippen LogP contribution >= 0.6 is 0 Å². The largest absolute Gasteiger partial charge is 0.489 e. The predicted octanol–water partition coefficient (Wildman–Crippen LogP) is 5.72. The summed E-state index contributed by atoms with van der Waals surface area (Å²) >= 11 is 0. The lowest BCUT2D eigenvalue weighted by Gasteiger charge is -2.23. The summed E-state index contributed by atoms with van der Waals surface area (Å²) in [5.41, 5.74) is 4.77. The summed E-state index contributed by atoms with van der Waals surface area (Å²) in [4.78, 5) is 16.3. The summed E-state index contributed by atoms with van der Waals surface area (Å²) < 4.78 is 7.51. The van der Waals surface area contributed by atoms with Crippen molar-refractivity contribution in [1.82, 2.24) is 14.6 Å². The third-order valence-corrected chi connectivity index (χ3v) is 6.10. The van der Waals surface area contributed by atoms with Crippen LogP contribution in [0.5, 0.6) is 5.75 Å². The molecule has 1 N–H and O–H groups in total. The average Bonchev–Trinajstić information content (AvgIpc) is 3.27. The molecule has 0 radical (unpaired) electrons. The number of carboxylic acid groups (broad SMARTS) is 1. The van der Waals surface area contributed by atoms with E-state index in [9.17, 15) is 9.90 Å². The first-order valence-corrected chi connectivity index (χ1v) is 11.1. The molecule has 0 amide bonds. The van der Waals surface area contributed by atoms with E-state index in [1.807, 2.05) is 60.8 Å². The zero-order chi connectivity index (χ0) is 21.9. The van der Waals surface area contributed by atoms with Crippen molar-refractivity contribution < 1.29 is 14.6 Å². The van der Waals surface area contributed by atoms with Gasteiger partial charge in [0.2, 0.25) is 0 Å². The van der Waals surface area contributed by atoms with Crippen molar-refractivity contribution in [2.24, 2.45) is 0 Å². The van der Waals surface area contributed by atoms with Gasteiger partial charge in [0, 0.05) is 23.7 Å². The van der Waals surface area contributed by atoms with E-state index in [-0.39, 0.29) is 5.69 Å². The second kappa shape index (κ2) is 8.83. The van der Waals surface area contributed by atoms with E-state index in [4.69, 9.17) is 9.72 Å². The number of carboxylic acids is 1. The first kappa shape index (κ1) is 20.2. The number of carbonyl (C=O) groups is 1. The fraction of sp³-hybridized carbons (Fsp3) is 0.269. The van der Waals surface area contributed by atoms with E-state index in [2.05, 4.69) is 5.10 Å². The van der Waals surface area contributed by atoms with Crippen LogP contribution in [0.25, 0.3) is 16.8 Å². The molecular weight excluding hydrogens is 402 g/mol. The minimum Gasteiger partial charge on any atom is -0.489 e. The molecule has 1 aliphatic carbocycles. The number of rotatable bonds is 6. The van der Waals surface area contributed by atoms with Gasteiger partial charge in [-0.25, -0.2) is 14.3 Å². The van der Waals surface area contributed by atoms with Crippen molar-refractivity contribution in [2.75, 3.05) is 0 Å². The number of fused-ring (bicyclic) bond motifs is 1. The van der Waals surface area contributed by atoms with Crippen LogP contribution in [0.3, 0.4) is 0 Å². The second-order valence-electron chi connectivity index (χ2n) is 8.31. The van der Waals surface area contributed by atoms with Crippen LogP contribution in [-0.4, -0.2) is 25.7 Å². The maximum atomic E-state index is 11.4. The molecule has 6 heteroatoms. The number of nitrogens with zero attached hydrogens (tertiary/aromatic N) is 3. The number of hydrogen-bond donors (Lipinski definition) is 1. The lowest BCUT2D eigenvalue weighted by molar-refractivity contribution is 0.0690. The molecule has 0 aliphatic heterocycles. The van der Waals surface area contributed by atoms with Gasteiger partial charge in [-0.3, -0.25) is 0 Å². The fourth-order valence-electron chi connectivity index (χ4n) is 4.42. The van der Waals surface area contributed by atoms with Crippen molar-refractivity contribution in [1.29, 1.82) is 0 Å². The third kappa shape index (κ3) is 4.21. The lowest BCUT2D eigenvalue weighted by Crippen LogP contribution is -2.10. The molecule has 0 bridgehead atoms. The molecule has 1 aliphatic rings. The standard InChI is InChI=1S/C26H25N3O3/c30-26(31)23-15-24-27-25(20-9-5-2-6-10-20)22(16-29(24)28-23)19-11-13-21(14-12-19)32-17-18-7-3-1-4-8-18/h1,3-4,7-8,11-16,20H,2,5-6,9-10,17H2,(H,30,31). The highest BCUT2D eigenvalue weighted by molar-refractivity contribution is 5.86. The molecule has 4 aromatic rings. The van der Waals surface area contributed by atoms with E-state index in [0.717, 1.165) is 41.0 Å². The Hall–Kier alpha value is -3.67. The van der Waals surface area contributed by atoms with Gasteiger partial charge in [0.1, 0.15) is 12.4 Å². The molecule has 0 unspecified atom stereocenters. The van der Waals surface area contributed by atoms with Crippen LogP contribution in [-0.2, 0) is 6.61 Å². The molecule has 0 saturated heterocycles. The Balaban J connectivity index is 1.47. The Kier molecular flexibility index (Phi) is 5.58. The van der Waals surface area contributed by atoms with E-state index in [1.165, 1.54) is 19.3 Å². The zero-order valence-corrected chi connectivity index (χ0v) is 17.8. The number of benzene rings is 2. The maximum Gasteiger partial charge on any atom is 0.356 e. The van der Waals surface area contributed by atoms with Gasteiger partial charge >= 0.3 is 5.97 Å². The molecule has 32 heavy (non-hydrogen) atoms. The van der Waals surface area contributed by atoms with Gasteiger partial charge in [-0.2, -0.15) is 5.10 Å². The van der Waals surface area contributed by atoms with Gasteiger partial charge in [0.25, 0.3) is 0 Å². The smallest absolute Gasteiger partial charge is 0.356 e. The van der Waals surface area contributed by atoms with Crippen LogP contribution in [0, 0.1) is 0 Å². The molecule has 2 aromatic carbocycles. The molecule has 2 aromatic heterocycles. The zero-order valence-electron chi connectivity index (χ0n) is 17.8. The van der Waals surface area contributed by atoms with Crippen molar-refractivity contribution >= 4 is 11.6 Å². The molecule has 1 fully saturated rings. The van der Waals surface area contributed by atoms with Crippen LogP contribution < -0.4 is 4.74 Å². The number of ether oxygens (including phenoxy) is 1. The molecular formula is C26H25N3O3. The molecule has 5 rings (SSSR count). The van der Waals surface area contributed by atoms with Crippen LogP contribution in [0.4, 0.5) is 0 Å². The highest BCUT2D eigenvalue weighted by Gasteiger charge is 2.23. The quantitative estimate of drug-likeness (QED) is 0.426. The topological polar surface area (TPSA) is 76.7 Å². The summed E-state index contributed by atoms with van der Waals surface area (Å²) in [5.74, 6) is 0.134. The van der Waals surface area contributed by atoms with Crippen molar-refractivity contribution in [3.05, 3.63) is 83.8 Å². The Labute approximate surface area is 186 Å². The summed E-state index contributed by atoms with van der Waals surface area (Å²) in [6.45, 7) is 0.520. The lowest BCUT2D eigenvalue weighted by atomic mass is 9.84. The minimum absolute atomic E-state index is 0.00824. The minimum atomic E-state index is -1.05. The van der Waals surface area contributed by atoms with Crippen LogP contribution in [0.1, 0.15) is 59.8 Å². The van der Waals surface area contributed by atoms with Crippen LogP contribution in [0.15, 0.2) is 66.9 Å². The monoisotopic (exact) mass is 427 g/mol. The van der Waals surface area contributed by atoms with Crippen molar-refractivity contribution in [2.45, 2.75) is 44.6 Å². The van der Waals surface area contributed by atoms with Gasteiger partial charge in [-0.15, -0.1) is 0 Å². The predicted molar refractivity (Wildman–Crippen MR) is 122 cm³/mol. The van der Waals surface area contributed by atoms with Crippen molar-refractivity contribution in [3.63, 3.8) is 0 Å². The number of hydrogen-bond acceptors (Lipinski definition) is 4. The van der Waals surface area contributed by atoms with E-state index in [1.54, 1.807) is 10.6 Å². The highest BCUT2D eigenvalue weighted by Crippen LogP contribution is 2.37. The number of aromatic carboxylic acids is 1. The Morgan fingerprint density at radius 3 is 2.50 bits per heavy atom. The Morgan fingerprint density at radius 2 is 1.78 bits per heavy atom. The van der Waals surface area contributed by atoms with E-state index >= 15 is 0 Å². The Morgan fingerprint density at radius 1 is 1.03 bits per heavy atom.